The van der Waals surface area contributed by atoms with Gasteiger partial charge in [0.2, 0.25) is 0 Å². The third-order valence-electron chi connectivity index (χ3n) is 2.81. The number of anilines is 1. The van der Waals surface area contributed by atoms with E-state index in [4.69, 9.17) is 0 Å². The second-order valence-electron chi connectivity index (χ2n) is 4.57. The lowest BCUT2D eigenvalue weighted by Gasteiger charge is -2.15. The summed E-state index contributed by atoms with van der Waals surface area (Å²) in [6.45, 7) is 0.574. The van der Waals surface area contributed by atoms with Crippen molar-refractivity contribution in [3.8, 4) is 0 Å². The highest BCUT2D eigenvalue weighted by atomic mass is 79.9. The lowest BCUT2D eigenvalue weighted by Crippen LogP contribution is -2.22. The molecule has 0 radical (unpaired) electrons. The highest BCUT2D eigenvalue weighted by Gasteiger charge is 2.12. The van der Waals surface area contributed by atoms with Gasteiger partial charge in [0, 0.05) is 30.5 Å². The number of hydrogen-bond donors (Lipinski definition) is 1. The van der Waals surface area contributed by atoms with E-state index in [-0.39, 0.29) is 5.91 Å². The summed E-state index contributed by atoms with van der Waals surface area (Å²) in [4.78, 5) is 18.0. The molecule has 0 unspecified atom stereocenters. The molecule has 1 heterocycles. The molecule has 1 aromatic heterocycles. The molecule has 2 rings (SSSR count). The van der Waals surface area contributed by atoms with E-state index in [1.54, 1.807) is 25.2 Å². The standard InChI is InChI=1S/C15H16BrN3O/c1-19(2)15(20)13-5-3-4-6-14(13)18-10-12-8-7-11(16)9-17-12/h3-9,18H,10H2,1-2H3. The van der Waals surface area contributed by atoms with Crippen LogP contribution in [0.15, 0.2) is 47.1 Å². The van der Waals surface area contributed by atoms with Crippen LogP contribution in [-0.2, 0) is 6.54 Å². The van der Waals surface area contributed by atoms with Gasteiger partial charge in [-0.05, 0) is 40.2 Å². The van der Waals surface area contributed by atoms with E-state index in [9.17, 15) is 4.79 Å². The summed E-state index contributed by atoms with van der Waals surface area (Å²) in [5.41, 5.74) is 2.39. The summed E-state index contributed by atoms with van der Waals surface area (Å²) >= 11 is 3.35. The van der Waals surface area contributed by atoms with Crippen LogP contribution in [0.25, 0.3) is 0 Å². The van der Waals surface area contributed by atoms with Crippen LogP contribution in [-0.4, -0.2) is 29.9 Å². The molecule has 0 spiro atoms. The highest BCUT2D eigenvalue weighted by molar-refractivity contribution is 9.10. The molecule has 0 saturated heterocycles. The summed E-state index contributed by atoms with van der Waals surface area (Å²) in [5, 5.41) is 3.26. The zero-order valence-corrected chi connectivity index (χ0v) is 13.0. The van der Waals surface area contributed by atoms with Gasteiger partial charge in [-0.3, -0.25) is 9.78 Å². The minimum Gasteiger partial charge on any atom is -0.379 e. The first-order valence-corrected chi connectivity index (χ1v) is 7.02. The lowest BCUT2D eigenvalue weighted by molar-refractivity contribution is 0.0828. The quantitative estimate of drug-likeness (QED) is 0.934. The maximum atomic E-state index is 12.1. The number of carbonyl (C=O) groups is 1. The van der Waals surface area contributed by atoms with Crippen molar-refractivity contribution in [2.24, 2.45) is 0 Å². The number of halogens is 1. The van der Waals surface area contributed by atoms with Crippen LogP contribution in [0.1, 0.15) is 16.1 Å². The van der Waals surface area contributed by atoms with Crippen LogP contribution in [0.2, 0.25) is 0 Å². The maximum absolute atomic E-state index is 12.1. The average molecular weight is 334 g/mol. The molecule has 0 aliphatic heterocycles. The van der Waals surface area contributed by atoms with Crippen LogP contribution in [0.5, 0.6) is 0 Å². The van der Waals surface area contributed by atoms with Gasteiger partial charge in [0.05, 0.1) is 17.8 Å². The fraction of sp³-hybridized carbons (Fsp3) is 0.200. The molecule has 104 valence electrons. The molecule has 0 aliphatic carbocycles. The number of rotatable bonds is 4. The van der Waals surface area contributed by atoms with Gasteiger partial charge < -0.3 is 10.2 Å². The first-order valence-electron chi connectivity index (χ1n) is 6.23. The summed E-state index contributed by atoms with van der Waals surface area (Å²) in [6, 6.07) is 11.4. The van der Waals surface area contributed by atoms with Gasteiger partial charge in [0.15, 0.2) is 0 Å². The third kappa shape index (κ3) is 3.57. The molecule has 1 N–H and O–H groups in total. The van der Waals surface area contributed by atoms with Crippen molar-refractivity contribution in [3.63, 3.8) is 0 Å². The van der Waals surface area contributed by atoms with Crippen molar-refractivity contribution >= 4 is 27.5 Å². The van der Waals surface area contributed by atoms with Crippen LogP contribution >= 0.6 is 15.9 Å². The lowest BCUT2D eigenvalue weighted by atomic mass is 10.1. The average Bonchev–Trinajstić information content (AvgIpc) is 2.46. The van der Waals surface area contributed by atoms with Gasteiger partial charge in [-0.1, -0.05) is 12.1 Å². The topological polar surface area (TPSA) is 45.2 Å². The van der Waals surface area contributed by atoms with Crippen molar-refractivity contribution in [1.82, 2.24) is 9.88 Å². The molecule has 2 aromatic rings. The zero-order chi connectivity index (χ0) is 14.5. The van der Waals surface area contributed by atoms with Gasteiger partial charge >= 0.3 is 0 Å². The summed E-state index contributed by atoms with van der Waals surface area (Å²) in [5.74, 6) is -0.0168. The van der Waals surface area contributed by atoms with E-state index in [0.717, 1.165) is 15.9 Å². The Balaban J connectivity index is 2.13. The van der Waals surface area contributed by atoms with Crippen LogP contribution in [0.4, 0.5) is 5.69 Å². The van der Waals surface area contributed by atoms with Gasteiger partial charge in [-0.2, -0.15) is 0 Å². The van der Waals surface area contributed by atoms with E-state index < -0.39 is 0 Å². The van der Waals surface area contributed by atoms with Crippen molar-refractivity contribution in [3.05, 3.63) is 58.3 Å². The monoisotopic (exact) mass is 333 g/mol. The van der Waals surface area contributed by atoms with E-state index in [1.807, 2.05) is 36.4 Å². The summed E-state index contributed by atoms with van der Waals surface area (Å²) < 4.78 is 0.949. The molecule has 4 nitrogen and oxygen atoms in total. The molecule has 1 amide bonds. The Bertz CT molecular complexity index is 596. The minimum absolute atomic E-state index is 0.0168. The van der Waals surface area contributed by atoms with Crippen molar-refractivity contribution in [1.29, 1.82) is 0 Å². The van der Waals surface area contributed by atoms with Crippen LogP contribution in [0, 0.1) is 0 Å². The largest absolute Gasteiger partial charge is 0.379 e. The van der Waals surface area contributed by atoms with E-state index in [1.165, 1.54) is 0 Å². The Morgan fingerprint density at radius 2 is 2.00 bits per heavy atom. The Kier molecular flexibility index (Phi) is 4.74. The fourth-order valence-electron chi connectivity index (χ4n) is 1.76. The fourth-order valence-corrected chi connectivity index (χ4v) is 2.00. The molecule has 0 aliphatic rings. The number of amides is 1. The number of nitrogens with zero attached hydrogens (tertiary/aromatic N) is 2. The normalized spacial score (nSPS) is 10.2. The van der Waals surface area contributed by atoms with Gasteiger partial charge in [0.25, 0.3) is 5.91 Å². The molecule has 1 aromatic carbocycles. The number of carbonyl (C=O) groups excluding carboxylic acids is 1. The molecule has 20 heavy (non-hydrogen) atoms. The second kappa shape index (κ2) is 6.52. The predicted octanol–water partition coefficient (Wildman–Crippen LogP) is 3.16. The number of para-hydroxylation sites is 1. The predicted molar refractivity (Wildman–Crippen MR) is 83.7 cm³/mol. The maximum Gasteiger partial charge on any atom is 0.255 e. The SMILES string of the molecule is CN(C)C(=O)c1ccccc1NCc1ccc(Br)cn1. The van der Waals surface area contributed by atoms with Crippen molar-refractivity contribution < 1.29 is 4.79 Å². The zero-order valence-electron chi connectivity index (χ0n) is 11.4. The Labute approximate surface area is 127 Å². The number of pyridine rings is 1. The first-order chi connectivity index (χ1) is 9.58. The van der Waals surface area contributed by atoms with Gasteiger partial charge in [-0.15, -0.1) is 0 Å². The second-order valence-corrected chi connectivity index (χ2v) is 5.48. The number of aromatic nitrogens is 1. The van der Waals surface area contributed by atoms with Gasteiger partial charge in [-0.25, -0.2) is 0 Å². The van der Waals surface area contributed by atoms with Crippen LogP contribution in [0.3, 0.4) is 0 Å². The summed E-state index contributed by atoms with van der Waals surface area (Å²) in [7, 11) is 3.49. The number of hydrogen-bond acceptors (Lipinski definition) is 3. The Hall–Kier alpha value is -1.88. The van der Waals surface area contributed by atoms with E-state index >= 15 is 0 Å². The van der Waals surface area contributed by atoms with E-state index in [0.29, 0.717) is 12.1 Å². The summed E-state index contributed by atoms with van der Waals surface area (Å²) in [6.07, 6.45) is 1.76. The third-order valence-corrected chi connectivity index (χ3v) is 3.28. The smallest absolute Gasteiger partial charge is 0.255 e. The van der Waals surface area contributed by atoms with Crippen molar-refractivity contribution in [2.75, 3.05) is 19.4 Å². The van der Waals surface area contributed by atoms with Crippen molar-refractivity contribution in [2.45, 2.75) is 6.54 Å². The van der Waals surface area contributed by atoms with Crippen LogP contribution < -0.4 is 5.32 Å². The molecule has 5 heteroatoms. The molecule has 0 fully saturated rings. The first kappa shape index (κ1) is 14.5. The molecule has 0 bridgehead atoms. The Morgan fingerprint density at radius 3 is 2.65 bits per heavy atom. The number of nitrogens with one attached hydrogen (secondary N) is 1. The molecule has 0 saturated carbocycles. The minimum atomic E-state index is -0.0168. The van der Waals surface area contributed by atoms with E-state index in [2.05, 4.69) is 26.2 Å². The molecular formula is C15H16BrN3O. The van der Waals surface area contributed by atoms with Gasteiger partial charge in [0.1, 0.15) is 0 Å². The molecular weight excluding hydrogens is 318 g/mol. The molecule has 0 atom stereocenters. The Morgan fingerprint density at radius 1 is 1.25 bits per heavy atom. The highest BCUT2D eigenvalue weighted by Crippen LogP contribution is 2.17. The number of benzene rings is 1.